The van der Waals surface area contributed by atoms with Crippen molar-refractivity contribution < 1.29 is 24.2 Å². The van der Waals surface area contributed by atoms with Crippen molar-refractivity contribution in [3.8, 4) is 11.1 Å². The van der Waals surface area contributed by atoms with Crippen LogP contribution in [0.5, 0.6) is 0 Å². The lowest BCUT2D eigenvalue weighted by Gasteiger charge is -2.50. The van der Waals surface area contributed by atoms with Crippen molar-refractivity contribution in [3.63, 3.8) is 0 Å². The summed E-state index contributed by atoms with van der Waals surface area (Å²) in [4.78, 5) is 33.1. The van der Waals surface area contributed by atoms with E-state index in [1.165, 1.54) is 19.3 Å². The average molecular weight is 731 g/mol. The molecule has 0 radical (unpaired) electrons. The van der Waals surface area contributed by atoms with E-state index in [0.29, 0.717) is 37.0 Å². The molecule has 9 heteroatoms. The second-order valence-corrected chi connectivity index (χ2v) is 16.2. The highest BCUT2D eigenvalue weighted by Gasteiger charge is 2.44. The topological polar surface area (TPSA) is 113 Å². The molecule has 0 unspecified atom stereocenters. The molecule has 0 spiro atoms. The number of benzene rings is 3. The second kappa shape index (κ2) is 16.9. The number of rotatable bonds is 10. The zero-order valence-electron chi connectivity index (χ0n) is 31.7. The maximum Gasteiger partial charge on any atom is 0.253 e. The number of fused-ring (bicyclic) bond motifs is 1. The minimum Gasteiger partial charge on any atom is -0.392 e. The van der Waals surface area contributed by atoms with Crippen molar-refractivity contribution in [2.75, 3.05) is 6.54 Å². The number of ether oxygens (including phenoxy) is 2. The number of aliphatic hydroxyl groups excluding tert-OH is 1. The van der Waals surface area contributed by atoms with E-state index in [9.17, 15) is 14.7 Å². The Labute approximate surface area is 319 Å². The molecule has 54 heavy (non-hydrogen) atoms. The van der Waals surface area contributed by atoms with Crippen LogP contribution < -0.4 is 10.6 Å². The Morgan fingerprint density at radius 1 is 0.852 bits per heavy atom. The molecule has 1 saturated carbocycles. The van der Waals surface area contributed by atoms with Gasteiger partial charge in [0, 0.05) is 49.0 Å². The summed E-state index contributed by atoms with van der Waals surface area (Å²) in [6, 6.07) is 28.1. The first-order chi connectivity index (χ1) is 26.1. The number of nitrogens with one attached hydrogen (secondary N) is 2. The zero-order valence-corrected chi connectivity index (χ0v) is 31.7. The van der Waals surface area contributed by atoms with Crippen molar-refractivity contribution in [1.29, 1.82) is 0 Å². The number of aromatic nitrogens is 1. The van der Waals surface area contributed by atoms with Gasteiger partial charge in [-0.25, -0.2) is 0 Å². The fraction of sp³-hybridized carbons (Fsp3) is 0.444. The Balaban J connectivity index is 1.14. The molecule has 6 atom stereocenters. The molecule has 2 saturated heterocycles. The van der Waals surface area contributed by atoms with Crippen LogP contribution in [0.2, 0.25) is 0 Å². The summed E-state index contributed by atoms with van der Waals surface area (Å²) in [5, 5.41) is 16.0. The van der Waals surface area contributed by atoms with Gasteiger partial charge in [-0.05, 0) is 104 Å². The maximum atomic E-state index is 13.8. The SMILES string of the molecule is CC(C)(C)NC(=O)[C@H]1CC[C@H]2CCCC[C@H]2N1C[C@H]1C[C@@H](c2ccc(CO)cc2)O[C@@H](c2cccc(-c3cccc(CNC(=O)c4cccnc4)c3)c2)O1. The van der Waals surface area contributed by atoms with Crippen molar-refractivity contribution in [3.05, 3.63) is 125 Å². The summed E-state index contributed by atoms with van der Waals surface area (Å²) in [6.07, 6.45) is 9.56. The lowest BCUT2D eigenvalue weighted by Crippen LogP contribution is -2.61. The van der Waals surface area contributed by atoms with Crippen LogP contribution >= 0.6 is 0 Å². The number of carbonyl (C=O) groups is 2. The fourth-order valence-electron chi connectivity index (χ4n) is 8.50. The number of pyridine rings is 1. The van der Waals surface area contributed by atoms with Gasteiger partial charge >= 0.3 is 0 Å². The van der Waals surface area contributed by atoms with E-state index in [2.05, 4.69) is 50.8 Å². The summed E-state index contributed by atoms with van der Waals surface area (Å²) in [7, 11) is 0. The smallest absolute Gasteiger partial charge is 0.253 e. The lowest BCUT2D eigenvalue weighted by atomic mass is 9.75. The molecule has 2 amide bonds. The lowest BCUT2D eigenvalue weighted by molar-refractivity contribution is -0.255. The molecule has 1 aromatic heterocycles. The Bertz CT molecular complexity index is 1880. The Hall–Kier alpha value is -4.41. The van der Waals surface area contributed by atoms with E-state index >= 15 is 0 Å². The van der Waals surface area contributed by atoms with Crippen LogP contribution in [0, 0.1) is 5.92 Å². The van der Waals surface area contributed by atoms with Gasteiger partial charge in [0.25, 0.3) is 5.91 Å². The van der Waals surface area contributed by atoms with Crippen molar-refractivity contribution >= 4 is 11.8 Å². The number of aliphatic hydroxyl groups is 1. The third-order valence-electron chi connectivity index (χ3n) is 11.1. The van der Waals surface area contributed by atoms with Gasteiger partial charge in [-0.1, -0.05) is 73.5 Å². The predicted molar refractivity (Wildman–Crippen MR) is 209 cm³/mol. The third kappa shape index (κ3) is 9.27. The summed E-state index contributed by atoms with van der Waals surface area (Å²) >= 11 is 0. The van der Waals surface area contributed by atoms with Gasteiger partial charge < -0.3 is 25.2 Å². The molecule has 0 bridgehead atoms. The highest BCUT2D eigenvalue weighted by Crippen LogP contribution is 2.42. The summed E-state index contributed by atoms with van der Waals surface area (Å²) < 4.78 is 13.7. The van der Waals surface area contributed by atoms with E-state index in [1.54, 1.807) is 24.5 Å². The number of likely N-dealkylation sites (tertiary alicyclic amines) is 1. The summed E-state index contributed by atoms with van der Waals surface area (Å²) in [6.45, 7) is 7.18. The predicted octanol–water partition coefficient (Wildman–Crippen LogP) is 7.65. The van der Waals surface area contributed by atoms with Crippen LogP contribution in [0.3, 0.4) is 0 Å². The molecule has 4 aromatic rings. The first-order valence-corrected chi connectivity index (χ1v) is 19.6. The van der Waals surface area contributed by atoms with Crippen molar-refractivity contribution in [2.24, 2.45) is 5.92 Å². The quantitative estimate of drug-likeness (QED) is 0.154. The van der Waals surface area contributed by atoms with Gasteiger partial charge in [0.15, 0.2) is 6.29 Å². The normalized spacial score (nSPS) is 24.7. The number of nitrogens with zero attached hydrogens (tertiary/aromatic N) is 2. The first-order valence-electron chi connectivity index (χ1n) is 19.6. The van der Waals surface area contributed by atoms with Crippen LogP contribution in [-0.4, -0.2) is 57.1 Å². The Kier molecular flexibility index (Phi) is 11.9. The molecule has 9 nitrogen and oxygen atoms in total. The first kappa shape index (κ1) is 37.9. The van der Waals surface area contributed by atoms with Crippen LogP contribution in [0.1, 0.15) is 111 Å². The van der Waals surface area contributed by atoms with Crippen molar-refractivity contribution in [1.82, 2.24) is 20.5 Å². The van der Waals surface area contributed by atoms with Gasteiger partial charge in [-0.2, -0.15) is 0 Å². The zero-order chi connectivity index (χ0) is 37.7. The Morgan fingerprint density at radius 3 is 2.39 bits per heavy atom. The number of amides is 2. The molecule has 3 heterocycles. The van der Waals surface area contributed by atoms with Gasteiger partial charge in [-0.3, -0.25) is 19.5 Å². The average Bonchev–Trinajstić information content (AvgIpc) is 3.20. The molecular weight excluding hydrogens is 677 g/mol. The van der Waals surface area contributed by atoms with Gasteiger partial charge in [-0.15, -0.1) is 0 Å². The van der Waals surface area contributed by atoms with E-state index in [4.69, 9.17) is 9.47 Å². The molecule has 3 N–H and O–H groups in total. The number of carbonyl (C=O) groups excluding carboxylic acids is 2. The highest BCUT2D eigenvalue weighted by molar-refractivity contribution is 5.93. The van der Waals surface area contributed by atoms with Crippen molar-refractivity contribution in [2.45, 2.75) is 115 Å². The van der Waals surface area contributed by atoms with E-state index < -0.39 is 6.29 Å². The van der Waals surface area contributed by atoms with Gasteiger partial charge in [0.05, 0.1) is 30.4 Å². The minimum atomic E-state index is -0.623. The molecule has 2 aliphatic heterocycles. The number of hydrogen-bond donors (Lipinski definition) is 3. The molecule has 3 aliphatic rings. The fourth-order valence-corrected chi connectivity index (χ4v) is 8.50. The molecule has 3 fully saturated rings. The van der Waals surface area contributed by atoms with E-state index in [1.807, 2.05) is 63.2 Å². The summed E-state index contributed by atoms with van der Waals surface area (Å²) in [5.74, 6) is 0.547. The number of piperidine rings is 1. The molecule has 7 rings (SSSR count). The molecule has 284 valence electrons. The van der Waals surface area contributed by atoms with Crippen LogP contribution in [0.25, 0.3) is 11.1 Å². The van der Waals surface area contributed by atoms with Crippen LogP contribution in [-0.2, 0) is 27.4 Å². The standard InChI is InChI=1S/C45H54N4O5/c1-45(2,3)48-43(52)40-21-20-32-10-4-5-15-39(32)49(40)28-38-25-41(33-18-16-30(29-50)17-19-33)54-44(53-38)36-13-7-12-35(24-36)34-11-6-9-31(23-34)26-47-42(51)37-14-8-22-46-27-37/h6-9,11-14,16-19,22-24,27,32,38-41,44,50H,4-5,10,15,20-21,25-26,28-29H2,1-3H3,(H,47,51)(H,48,52)/t32-,38-,39-,40-,41+,44+/m1/s1. The third-order valence-corrected chi connectivity index (χ3v) is 11.1. The summed E-state index contributed by atoms with van der Waals surface area (Å²) in [5.41, 5.74) is 6.06. The minimum absolute atomic E-state index is 0.0133. The second-order valence-electron chi connectivity index (χ2n) is 16.2. The maximum absolute atomic E-state index is 13.8. The Morgan fingerprint density at radius 2 is 1.63 bits per heavy atom. The number of hydrogen-bond acceptors (Lipinski definition) is 7. The highest BCUT2D eigenvalue weighted by atomic mass is 16.7. The molecular formula is C45H54N4O5. The molecule has 1 aliphatic carbocycles. The van der Waals surface area contributed by atoms with E-state index in [0.717, 1.165) is 52.6 Å². The molecule has 3 aromatic carbocycles. The monoisotopic (exact) mass is 730 g/mol. The largest absolute Gasteiger partial charge is 0.392 e. The van der Waals surface area contributed by atoms with Gasteiger partial charge in [0.2, 0.25) is 5.91 Å². The van der Waals surface area contributed by atoms with Crippen LogP contribution in [0.4, 0.5) is 0 Å². The van der Waals surface area contributed by atoms with Gasteiger partial charge in [0.1, 0.15) is 0 Å². The van der Waals surface area contributed by atoms with Crippen LogP contribution in [0.15, 0.2) is 97.3 Å². The van der Waals surface area contributed by atoms with E-state index in [-0.39, 0.29) is 42.2 Å².